The minimum Gasteiger partial charge on any atom is -0.350 e. The smallest absolute Gasteiger partial charge is 0.258 e. The van der Waals surface area contributed by atoms with Crippen molar-refractivity contribution < 1.29 is 37.5 Å². The molecule has 0 bridgehead atoms. The number of thiazole rings is 1. The molecule has 13 nitrogen and oxygen atoms in total. The molecule has 6 amide bonds. The first-order chi connectivity index (χ1) is 39.4. The maximum atomic E-state index is 14.4. The van der Waals surface area contributed by atoms with Gasteiger partial charge >= 0.3 is 0 Å². The number of hydrogen-bond donors (Lipinski definition) is 4. The van der Waals surface area contributed by atoms with Gasteiger partial charge in [-0.2, -0.15) is 0 Å². The fraction of sp³-hybridized carbons (Fsp3) is 0.632. The van der Waals surface area contributed by atoms with Gasteiger partial charge in [0.1, 0.15) is 24.2 Å². The molecule has 2 saturated heterocycles. The van der Waals surface area contributed by atoms with Crippen molar-refractivity contribution in [1.82, 2.24) is 36.1 Å². The van der Waals surface area contributed by atoms with Crippen LogP contribution in [0, 0.1) is 23.7 Å². The number of alkyl halides is 2. The Morgan fingerprint density at radius 3 is 1.60 bits per heavy atom. The van der Waals surface area contributed by atoms with Crippen LogP contribution in [0.25, 0.3) is 10.4 Å². The van der Waals surface area contributed by atoms with E-state index in [1.165, 1.54) is 16.7 Å². The summed E-state index contributed by atoms with van der Waals surface area (Å²) in [6.45, 7) is 41.4. The largest absolute Gasteiger partial charge is 0.350 e. The maximum Gasteiger partial charge on any atom is 0.258 e. The molecular formula is C68H105F2N7O6S. The number of rotatable bonds is 17. The zero-order valence-corrected chi connectivity index (χ0v) is 55.6. The third kappa shape index (κ3) is 19.6. The van der Waals surface area contributed by atoms with E-state index in [1.54, 1.807) is 21.1 Å². The van der Waals surface area contributed by atoms with E-state index in [4.69, 9.17) is 0 Å². The zero-order chi connectivity index (χ0) is 63.7. The van der Waals surface area contributed by atoms with Crippen molar-refractivity contribution >= 4 is 46.8 Å². The second-order valence-electron chi connectivity index (χ2n) is 25.3. The van der Waals surface area contributed by atoms with Gasteiger partial charge in [0, 0.05) is 19.6 Å². The van der Waals surface area contributed by atoms with Crippen LogP contribution >= 0.6 is 11.3 Å². The summed E-state index contributed by atoms with van der Waals surface area (Å²) in [5.41, 5.74) is 6.32. The Bertz CT molecular complexity index is 2740. The van der Waals surface area contributed by atoms with Gasteiger partial charge in [-0.15, -0.1) is 11.3 Å². The van der Waals surface area contributed by atoms with Gasteiger partial charge in [0.05, 0.1) is 22.1 Å². The Hall–Kier alpha value is -5.77. The van der Waals surface area contributed by atoms with Crippen molar-refractivity contribution in [1.29, 1.82) is 0 Å². The van der Waals surface area contributed by atoms with E-state index in [-0.39, 0.29) is 55.4 Å². The lowest BCUT2D eigenvalue weighted by Crippen LogP contribution is -2.59. The summed E-state index contributed by atoms with van der Waals surface area (Å²) in [6, 6.07) is 11.0. The van der Waals surface area contributed by atoms with Crippen molar-refractivity contribution in [3.05, 3.63) is 99.2 Å². The SMILES string of the molecule is C/C=C\C(=C(C)C)C(C)C.CC.CC.CC(C)c1ccccc1CNC(=O)C1CCCN1C(=O)C(NC(=O)C1(F)CC1)C(C)(C)C.CCc1cc(-c2scnc2C)ccc1[C@@H](C)NC(=O)C1CCCN1C(=O)C(NC(=O)C1(F)CC1)C(C)(C)C. The fourth-order valence-electron chi connectivity index (χ4n) is 10.5. The molecule has 2 aliphatic heterocycles. The number of halogens is 2. The fourth-order valence-corrected chi connectivity index (χ4v) is 11.3. The van der Waals surface area contributed by atoms with Gasteiger partial charge in [-0.1, -0.05) is 158 Å². The van der Waals surface area contributed by atoms with Crippen LogP contribution in [0.4, 0.5) is 8.78 Å². The molecule has 468 valence electrons. The predicted octanol–water partition coefficient (Wildman–Crippen LogP) is 13.9. The highest BCUT2D eigenvalue weighted by molar-refractivity contribution is 7.13. The van der Waals surface area contributed by atoms with Crippen molar-refractivity contribution in [3.8, 4) is 10.4 Å². The molecule has 16 heteroatoms. The minimum absolute atomic E-state index is 0.182. The number of aryl methyl sites for hydroxylation is 2. The molecule has 4 N–H and O–H groups in total. The third-order valence-corrected chi connectivity index (χ3v) is 16.7. The minimum atomic E-state index is -1.87. The van der Waals surface area contributed by atoms with E-state index >= 15 is 0 Å². The molecule has 7 rings (SSSR count). The molecular weight excluding hydrogens is 1080 g/mol. The van der Waals surface area contributed by atoms with Crippen LogP contribution in [0.3, 0.4) is 0 Å². The number of carbonyl (C=O) groups is 6. The van der Waals surface area contributed by atoms with Crippen molar-refractivity contribution in [2.45, 2.75) is 250 Å². The molecule has 84 heavy (non-hydrogen) atoms. The summed E-state index contributed by atoms with van der Waals surface area (Å²) in [6.07, 6.45) is 8.38. The van der Waals surface area contributed by atoms with Crippen molar-refractivity contribution in [2.24, 2.45) is 16.7 Å². The molecule has 1 aromatic heterocycles. The average molecular weight is 1190 g/mol. The molecule has 4 unspecified atom stereocenters. The molecule has 0 spiro atoms. The van der Waals surface area contributed by atoms with Crippen LogP contribution in [0.2, 0.25) is 0 Å². The van der Waals surface area contributed by atoms with Crippen LogP contribution in [-0.2, 0) is 41.7 Å². The summed E-state index contributed by atoms with van der Waals surface area (Å²) >= 11 is 1.61. The Balaban J connectivity index is 0.000000364. The quantitative estimate of drug-likeness (QED) is 0.0975. The van der Waals surface area contributed by atoms with E-state index in [2.05, 4.69) is 118 Å². The lowest BCUT2D eigenvalue weighted by molar-refractivity contribution is -0.145. The summed E-state index contributed by atoms with van der Waals surface area (Å²) in [7, 11) is 0. The van der Waals surface area contributed by atoms with Gasteiger partial charge in [0.25, 0.3) is 11.8 Å². The van der Waals surface area contributed by atoms with Crippen LogP contribution in [-0.4, -0.2) is 98.8 Å². The topological polar surface area (TPSA) is 170 Å². The molecule has 3 aromatic rings. The predicted molar refractivity (Wildman–Crippen MR) is 340 cm³/mol. The molecule has 4 aliphatic rings. The van der Waals surface area contributed by atoms with E-state index in [0.29, 0.717) is 57.2 Å². The first-order valence-electron chi connectivity index (χ1n) is 31.0. The zero-order valence-electron chi connectivity index (χ0n) is 54.8. The normalized spacial score (nSPS) is 18.4. The number of allylic oxidation sites excluding steroid dienone is 4. The van der Waals surface area contributed by atoms with Crippen LogP contribution in [0.15, 0.2) is 71.3 Å². The number of nitrogens with one attached hydrogen (secondary N) is 4. The van der Waals surface area contributed by atoms with Gasteiger partial charge < -0.3 is 31.1 Å². The average Bonchev–Trinajstić information content (AvgIpc) is 3.98. The van der Waals surface area contributed by atoms with Crippen molar-refractivity contribution in [3.63, 3.8) is 0 Å². The molecule has 2 saturated carbocycles. The summed E-state index contributed by atoms with van der Waals surface area (Å²) in [5, 5.41) is 11.4. The molecule has 3 heterocycles. The van der Waals surface area contributed by atoms with E-state index < -0.39 is 58.1 Å². The summed E-state index contributed by atoms with van der Waals surface area (Å²) in [4.78, 5) is 86.9. The van der Waals surface area contributed by atoms with Crippen molar-refractivity contribution in [2.75, 3.05) is 13.1 Å². The van der Waals surface area contributed by atoms with E-state index in [0.717, 1.165) is 39.2 Å². The molecule has 2 aromatic carbocycles. The van der Waals surface area contributed by atoms with Gasteiger partial charge in [-0.05, 0) is 155 Å². The lowest BCUT2D eigenvalue weighted by atomic mass is 9.85. The van der Waals surface area contributed by atoms with Gasteiger partial charge in [0.15, 0.2) is 11.3 Å². The number of carbonyl (C=O) groups excluding carboxylic acids is 6. The number of amides is 6. The number of aromatic nitrogens is 1. The lowest BCUT2D eigenvalue weighted by Gasteiger charge is -2.36. The molecule has 0 radical (unpaired) electrons. The van der Waals surface area contributed by atoms with Gasteiger partial charge in [-0.25, -0.2) is 13.8 Å². The Kier molecular flexibility index (Phi) is 27.7. The molecule has 4 fully saturated rings. The van der Waals surface area contributed by atoms with E-state index in [1.807, 2.05) is 107 Å². The molecule has 5 atom stereocenters. The second-order valence-corrected chi connectivity index (χ2v) is 26.2. The number of likely N-dealkylation sites (tertiary alicyclic amines) is 2. The van der Waals surface area contributed by atoms with Gasteiger partial charge in [0.2, 0.25) is 23.6 Å². The Morgan fingerprint density at radius 2 is 1.20 bits per heavy atom. The van der Waals surface area contributed by atoms with Gasteiger partial charge in [-0.3, -0.25) is 28.8 Å². The summed E-state index contributed by atoms with van der Waals surface area (Å²) < 4.78 is 28.6. The highest BCUT2D eigenvalue weighted by Gasteiger charge is 2.54. The Morgan fingerprint density at radius 1 is 0.714 bits per heavy atom. The second kappa shape index (κ2) is 32.1. The summed E-state index contributed by atoms with van der Waals surface area (Å²) in [5.74, 6) is -1.53. The van der Waals surface area contributed by atoms with E-state index in [9.17, 15) is 37.5 Å². The highest BCUT2D eigenvalue weighted by atomic mass is 32.1. The highest BCUT2D eigenvalue weighted by Crippen LogP contribution is 2.42. The third-order valence-electron chi connectivity index (χ3n) is 15.7. The maximum absolute atomic E-state index is 14.4. The Labute approximate surface area is 507 Å². The van der Waals surface area contributed by atoms with Crippen LogP contribution < -0.4 is 21.3 Å². The molecule has 2 aliphatic carbocycles. The standard InChI is InChI=1S/C29H39FN4O3S.C25H36FN3O3.C10H18.2C2H6/c1-7-19-15-20(23-18(3)31-16-38-23)10-11-21(19)17(2)32-25(35)22-9-8-14-34(22)26(36)24(28(4,5)6)33-27(37)29(30)12-13-29;1-16(2)18-10-7-6-9-17(18)15-27-21(30)19-11-8-14-29(19)22(31)20(24(3,4)5)28-23(32)25(26)12-13-25;1-6-7-10(8(2)3)9(4)5;2*1-2/h10-11,15-17,22,24H,7-9,12-14H2,1-6H3,(H,32,35)(H,33,37);6-7,9-10,16,19-20H,8,11-15H2,1-5H3,(H,27,30)(H,28,32);6-8H,1-5H3;2*1-2H3/b;;7-6-;;/t17-,22?,24?;;;;/m1..../s1. The number of hydrogen-bond acceptors (Lipinski definition) is 8. The monoisotopic (exact) mass is 1190 g/mol. The number of benzene rings is 2. The van der Waals surface area contributed by atoms with Crippen LogP contribution in [0.1, 0.15) is 223 Å². The first-order valence-corrected chi connectivity index (χ1v) is 31.9. The first kappa shape index (κ1) is 72.5. The van der Waals surface area contributed by atoms with Crippen LogP contribution in [0.5, 0.6) is 0 Å². The number of nitrogens with zero attached hydrogens (tertiary/aromatic N) is 3.